The molecule has 12 nitrogen and oxygen atoms in total. The van der Waals surface area contributed by atoms with Gasteiger partial charge in [0.05, 0.1) is 0 Å². The van der Waals surface area contributed by atoms with Crippen LogP contribution in [0.3, 0.4) is 0 Å². The molecule has 202 valence electrons. The minimum Gasteiger partial charge on any atom is -0.477 e. The molecule has 39 heavy (non-hydrogen) atoms. The van der Waals surface area contributed by atoms with Crippen LogP contribution in [0.4, 0.5) is 9.52 Å². The third-order valence-electron chi connectivity index (χ3n) is 5.53. The standard InChI is InChI=1S/C22H18FN7O5S4/c23-12-3-1-10(2-4-12)5-35-29-14(13-8-37-21(24)26-13)17(31)27-15-18(32)30-16(20(33)34)11(6-36-19(15)30)7-38-22-28-25-9-39-22/h1-4,8-9,15,19H,5-7H2,(H2,24,26)(H,27,31)(H,33,34)/b29-14+/t15?,19-/m1/s1. The monoisotopic (exact) mass is 607 g/mol. The predicted molar refractivity (Wildman–Crippen MR) is 145 cm³/mol. The van der Waals surface area contributed by atoms with E-state index in [-0.39, 0.29) is 28.8 Å². The maximum atomic E-state index is 13.2. The van der Waals surface area contributed by atoms with E-state index in [0.29, 0.717) is 27.0 Å². The summed E-state index contributed by atoms with van der Waals surface area (Å²) in [5.41, 5.74) is 8.36. The quantitative estimate of drug-likeness (QED) is 0.133. The van der Waals surface area contributed by atoms with E-state index in [1.807, 2.05) is 0 Å². The summed E-state index contributed by atoms with van der Waals surface area (Å²) < 4.78 is 13.8. The number of carbonyl (C=O) groups excluding carboxylic acids is 2. The molecular weight excluding hydrogens is 590 g/mol. The van der Waals surface area contributed by atoms with Gasteiger partial charge >= 0.3 is 5.97 Å². The first kappa shape index (κ1) is 27.0. The molecule has 4 N–H and O–H groups in total. The average molecular weight is 608 g/mol. The van der Waals surface area contributed by atoms with Crippen molar-refractivity contribution in [2.75, 3.05) is 17.2 Å². The minimum absolute atomic E-state index is 0.0457. The summed E-state index contributed by atoms with van der Waals surface area (Å²) in [6.45, 7) is -0.0457. The number of carbonyl (C=O) groups is 3. The van der Waals surface area contributed by atoms with Gasteiger partial charge in [0.15, 0.2) is 15.2 Å². The summed E-state index contributed by atoms with van der Waals surface area (Å²) in [5.74, 6) is -2.22. The van der Waals surface area contributed by atoms with Crippen LogP contribution in [0.25, 0.3) is 0 Å². The molecule has 1 unspecified atom stereocenters. The number of aliphatic carboxylic acids is 1. The summed E-state index contributed by atoms with van der Waals surface area (Å²) in [7, 11) is 0. The van der Waals surface area contributed by atoms with Crippen LogP contribution < -0.4 is 11.1 Å². The van der Waals surface area contributed by atoms with E-state index in [2.05, 4.69) is 25.7 Å². The highest BCUT2D eigenvalue weighted by Crippen LogP contribution is 2.41. The lowest BCUT2D eigenvalue weighted by atomic mass is 10.0. The molecular formula is C22H18FN7O5S4. The third-order valence-corrected chi connectivity index (χ3v) is 9.49. The number of rotatable bonds is 10. The van der Waals surface area contributed by atoms with E-state index >= 15 is 0 Å². The van der Waals surface area contributed by atoms with E-state index in [0.717, 1.165) is 11.3 Å². The molecule has 5 rings (SSSR count). The van der Waals surface area contributed by atoms with Gasteiger partial charge in [0.1, 0.15) is 40.7 Å². The summed E-state index contributed by atoms with van der Waals surface area (Å²) in [5, 5.41) is 25.2. The van der Waals surface area contributed by atoms with Gasteiger partial charge in [-0.1, -0.05) is 40.4 Å². The first-order chi connectivity index (χ1) is 18.8. The fourth-order valence-corrected chi connectivity index (χ4v) is 7.25. The second kappa shape index (κ2) is 11.7. The van der Waals surface area contributed by atoms with Crippen LogP contribution in [0.2, 0.25) is 0 Å². The number of nitrogens with zero attached hydrogens (tertiary/aromatic N) is 5. The fraction of sp³-hybridized carbons (Fsp3) is 0.227. The smallest absolute Gasteiger partial charge is 0.352 e. The fourth-order valence-electron chi connectivity index (χ4n) is 3.73. The number of fused-ring (bicyclic) bond motifs is 1. The van der Waals surface area contributed by atoms with Crippen molar-refractivity contribution in [1.29, 1.82) is 0 Å². The van der Waals surface area contributed by atoms with E-state index in [1.54, 1.807) is 5.51 Å². The SMILES string of the molecule is Nc1nc(/C(=N\OCc2ccc(F)cc2)C(=O)NC2C(=O)N3C(C(=O)O)=C(CSc4nncs4)CS[C@H]23)cs1. The summed E-state index contributed by atoms with van der Waals surface area (Å²) >= 11 is 5.13. The molecule has 17 heteroatoms. The number of halogens is 1. The van der Waals surface area contributed by atoms with Crippen LogP contribution in [0.1, 0.15) is 11.3 Å². The maximum Gasteiger partial charge on any atom is 0.352 e. The van der Waals surface area contributed by atoms with Gasteiger partial charge in [-0.2, -0.15) is 0 Å². The molecule has 1 aromatic carbocycles. The lowest BCUT2D eigenvalue weighted by Crippen LogP contribution is -2.71. The van der Waals surface area contributed by atoms with Gasteiger partial charge in [-0.25, -0.2) is 14.2 Å². The highest BCUT2D eigenvalue weighted by atomic mass is 32.2. The average Bonchev–Trinajstić information content (AvgIpc) is 3.60. The molecule has 1 fully saturated rings. The number of benzene rings is 1. The topological polar surface area (TPSA) is 173 Å². The molecule has 0 saturated carbocycles. The highest BCUT2D eigenvalue weighted by molar-refractivity contribution is 8.01. The number of nitrogens with two attached hydrogens (primary N) is 1. The van der Waals surface area contributed by atoms with E-state index in [1.165, 1.54) is 69.4 Å². The number of hydrogen-bond donors (Lipinski definition) is 3. The van der Waals surface area contributed by atoms with Crippen molar-refractivity contribution in [3.63, 3.8) is 0 Å². The minimum atomic E-state index is -1.22. The van der Waals surface area contributed by atoms with E-state index in [4.69, 9.17) is 10.6 Å². The predicted octanol–water partition coefficient (Wildman–Crippen LogP) is 2.17. The molecule has 3 aromatic rings. The molecule has 0 aliphatic carbocycles. The maximum absolute atomic E-state index is 13.2. The first-order valence-electron chi connectivity index (χ1n) is 11.1. The van der Waals surface area contributed by atoms with Gasteiger partial charge in [-0.3, -0.25) is 14.5 Å². The normalized spacial score (nSPS) is 18.9. The molecule has 2 aliphatic rings. The van der Waals surface area contributed by atoms with Gasteiger partial charge in [0.2, 0.25) is 0 Å². The molecule has 2 atom stereocenters. The molecule has 0 radical (unpaired) electrons. The van der Waals surface area contributed by atoms with Gasteiger partial charge in [-0.05, 0) is 23.3 Å². The number of anilines is 1. The molecule has 2 aliphatic heterocycles. The Labute approximate surface area is 236 Å². The van der Waals surface area contributed by atoms with Crippen molar-refractivity contribution in [3.8, 4) is 0 Å². The molecule has 0 spiro atoms. The molecule has 4 heterocycles. The Kier molecular flexibility index (Phi) is 8.10. The van der Waals surface area contributed by atoms with Gasteiger partial charge < -0.3 is 21.0 Å². The van der Waals surface area contributed by atoms with Crippen molar-refractivity contribution in [2.24, 2.45) is 5.16 Å². The Morgan fingerprint density at radius 3 is 2.77 bits per heavy atom. The number of carboxylic acid groups (broad SMARTS) is 1. The zero-order chi connectivity index (χ0) is 27.5. The zero-order valence-electron chi connectivity index (χ0n) is 19.6. The Bertz CT molecular complexity index is 1460. The van der Waals surface area contributed by atoms with Gasteiger partial charge in [-0.15, -0.1) is 33.3 Å². The summed E-state index contributed by atoms with van der Waals surface area (Å²) in [4.78, 5) is 48.9. The highest BCUT2D eigenvalue weighted by Gasteiger charge is 2.54. The van der Waals surface area contributed by atoms with Crippen molar-refractivity contribution in [3.05, 3.63) is 63.5 Å². The molecule has 2 amide bonds. The second-order valence-electron chi connectivity index (χ2n) is 8.02. The van der Waals surface area contributed by atoms with E-state index < -0.39 is 35.0 Å². The number of nitrogens with one attached hydrogen (secondary N) is 1. The number of thiazole rings is 1. The van der Waals surface area contributed by atoms with Crippen molar-refractivity contribution >= 4 is 74.8 Å². The van der Waals surface area contributed by atoms with Crippen molar-refractivity contribution in [2.45, 2.75) is 22.4 Å². The van der Waals surface area contributed by atoms with Crippen LogP contribution in [-0.4, -0.2) is 71.6 Å². The second-order valence-corrected chi connectivity index (χ2v) is 12.1. The summed E-state index contributed by atoms with van der Waals surface area (Å²) in [6, 6.07) is 4.59. The largest absolute Gasteiger partial charge is 0.477 e. The number of aromatic nitrogens is 3. The first-order valence-corrected chi connectivity index (χ1v) is 14.9. The number of hydrogen-bond acceptors (Lipinski definition) is 13. The van der Waals surface area contributed by atoms with Gasteiger partial charge in [0.25, 0.3) is 11.8 Å². The number of thioether (sulfide) groups is 2. The number of β-lactam (4-membered cyclic amide) rings is 1. The number of amides is 2. The van der Waals surface area contributed by atoms with Crippen LogP contribution in [0.5, 0.6) is 0 Å². The Morgan fingerprint density at radius 2 is 2.10 bits per heavy atom. The van der Waals surface area contributed by atoms with Crippen molar-refractivity contribution < 1.29 is 28.7 Å². The lowest BCUT2D eigenvalue weighted by Gasteiger charge is -2.49. The van der Waals surface area contributed by atoms with Crippen LogP contribution in [-0.2, 0) is 25.8 Å². The Morgan fingerprint density at radius 1 is 1.31 bits per heavy atom. The number of oxime groups is 1. The van der Waals surface area contributed by atoms with Crippen LogP contribution in [0.15, 0.2) is 55.9 Å². The zero-order valence-corrected chi connectivity index (χ0v) is 22.9. The number of nitrogen functional groups attached to an aromatic ring is 1. The molecule has 2 aromatic heterocycles. The number of carboxylic acids is 1. The molecule has 1 saturated heterocycles. The third kappa shape index (κ3) is 5.90. The Balaban J connectivity index is 1.29. The van der Waals surface area contributed by atoms with Crippen molar-refractivity contribution in [1.82, 2.24) is 25.4 Å². The lowest BCUT2D eigenvalue weighted by molar-refractivity contribution is -0.150. The summed E-state index contributed by atoms with van der Waals surface area (Å²) in [6.07, 6.45) is 0. The Hall–Kier alpha value is -3.54. The molecule has 0 bridgehead atoms. The van der Waals surface area contributed by atoms with E-state index in [9.17, 15) is 23.9 Å². The van der Waals surface area contributed by atoms with Crippen LogP contribution >= 0.6 is 46.2 Å². The van der Waals surface area contributed by atoms with Crippen LogP contribution in [0, 0.1) is 5.82 Å². The van der Waals surface area contributed by atoms with Gasteiger partial charge in [0, 0.05) is 16.9 Å².